The van der Waals surface area contributed by atoms with E-state index >= 15 is 0 Å². The zero-order valence-corrected chi connectivity index (χ0v) is 15.3. The Labute approximate surface area is 148 Å². The van der Waals surface area contributed by atoms with Gasteiger partial charge in [-0.3, -0.25) is 9.59 Å². The Morgan fingerprint density at radius 2 is 2.20 bits per heavy atom. The van der Waals surface area contributed by atoms with E-state index in [9.17, 15) is 18.0 Å². The SMILES string of the molecule is CC(C)C[CH]C(=O)N([C@H]1CCCNCC1=O)S(=O)(=O)c1ccccn1. The van der Waals surface area contributed by atoms with Crippen LogP contribution in [0.1, 0.15) is 33.1 Å². The lowest BCUT2D eigenvalue weighted by Crippen LogP contribution is -2.49. The van der Waals surface area contributed by atoms with Crippen LogP contribution in [0, 0.1) is 12.3 Å². The average Bonchev–Trinajstić information content (AvgIpc) is 2.79. The van der Waals surface area contributed by atoms with E-state index in [-0.39, 0.29) is 23.3 Å². The van der Waals surface area contributed by atoms with Crippen molar-refractivity contribution in [1.82, 2.24) is 14.6 Å². The minimum absolute atomic E-state index is 0.0519. The van der Waals surface area contributed by atoms with Gasteiger partial charge in [-0.1, -0.05) is 19.9 Å². The Hall–Kier alpha value is -1.80. The number of Topliss-reactive ketones (excluding diaryl/α,β-unsaturated/α-hetero) is 1. The number of nitrogens with zero attached hydrogens (tertiary/aromatic N) is 2. The van der Waals surface area contributed by atoms with Gasteiger partial charge in [0.15, 0.2) is 10.8 Å². The summed E-state index contributed by atoms with van der Waals surface area (Å²) in [6.07, 6.45) is 4.05. The zero-order chi connectivity index (χ0) is 18.4. The first-order chi connectivity index (χ1) is 11.8. The molecular weight excluding hydrogens is 342 g/mol. The number of rotatable bonds is 6. The predicted molar refractivity (Wildman–Crippen MR) is 92.9 cm³/mol. The average molecular weight is 366 g/mol. The second kappa shape index (κ2) is 8.53. The van der Waals surface area contributed by atoms with Gasteiger partial charge in [0.05, 0.1) is 13.0 Å². The Kier molecular flexibility index (Phi) is 6.66. The Morgan fingerprint density at radius 3 is 2.84 bits per heavy atom. The van der Waals surface area contributed by atoms with E-state index in [0.717, 1.165) is 4.31 Å². The summed E-state index contributed by atoms with van der Waals surface area (Å²) in [6, 6.07) is 3.46. The molecule has 1 aromatic heterocycles. The van der Waals surface area contributed by atoms with E-state index in [2.05, 4.69) is 10.3 Å². The van der Waals surface area contributed by atoms with Gasteiger partial charge in [-0.15, -0.1) is 0 Å². The monoisotopic (exact) mass is 366 g/mol. The number of ketones is 1. The van der Waals surface area contributed by atoms with Crippen molar-refractivity contribution in [3.63, 3.8) is 0 Å². The van der Waals surface area contributed by atoms with Crippen molar-refractivity contribution in [2.45, 2.75) is 44.2 Å². The van der Waals surface area contributed by atoms with E-state index < -0.39 is 22.0 Å². The van der Waals surface area contributed by atoms with Gasteiger partial charge in [-0.05, 0) is 43.9 Å². The molecule has 1 fully saturated rings. The van der Waals surface area contributed by atoms with Gasteiger partial charge >= 0.3 is 0 Å². The minimum Gasteiger partial charge on any atom is -0.310 e. The molecule has 2 heterocycles. The van der Waals surface area contributed by atoms with E-state index in [1.165, 1.54) is 24.8 Å². The molecule has 1 saturated heterocycles. The van der Waals surface area contributed by atoms with Crippen molar-refractivity contribution in [3.05, 3.63) is 30.8 Å². The number of carbonyl (C=O) groups excluding carboxylic acids is 2. The number of carbonyl (C=O) groups is 2. The molecule has 25 heavy (non-hydrogen) atoms. The van der Waals surface area contributed by atoms with Crippen LogP contribution in [0.2, 0.25) is 0 Å². The van der Waals surface area contributed by atoms with E-state index in [1.807, 2.05) is 13.8 Å². The highest BCUT2D eigenvalue weighted by Gasteiger charge is 2.40. The molecule has 0 saturated carbocycles. The van der Waals surface area contributed by atoms with E-state index in [4.69, 9.17) is 0 Å². The molecule has 0 aliphatic carbocycles. The standard InChI is InChI=1S/C17H24N3O4S/c1-13(2)8-9-17(22)20(14-6-5-10-18-12-15(14)21)25(23,24)16-7-3-4-11-19-16/h3-4,7,9,11,13-14,18H,5-6,8,10,12H2,1-2H3/t14-/m0/s1. The fourth-order valence-electron chi connectivity index (χ4n) is 2.63. The molecule has 0 aromatic carbocycles. The van der Waals surface area contributed by atoms with Crippen LogP contribution >= 0.6 is 0 Å². The highest BCUT2D eigenvalue weighted by Crippen LogP contribution is 2.22. The number of pyridine rings is 1. The van der Waals surface area contributed by atoms with Crippen LogP contribution in [0.4, 0.5) is 0 Å². The van der Waals surface area contributed by atoms with Gasteiger partial charge in [0.25, 0.3) is 10.0 Å². The summed E-state index contributed by atoms with van der Waals surface area (Å²) in [4.78, 5) is 29.0. The lowest BCUT2D eigenvalue weighted by atomic mass is 10.1. The summed E-state index contributed by atoms with van der Waals surface area (Å²) in [5.41, 5.74) is 0. The topological polar surface area (TPSA) is 96.4 Å². The summed E-state index contributed by atoms with van der Waals surface area (Å²) in [7, 11) is -4.20. The van der Waals surface area contributed by atoms with Crippen molar-refractivity contribution in [2.24, 2.45) is 5.92 Å². The van der Waals surface area contributed by atoms with Crippen molar-refractivity contribution in [3.8, 4) is 0 Å². The third kappa shape index (κ3) is 4.85. The molecule has 1 aliphatic rings. The minimum atomic E-state index is -4.20. The second-order valence-corrected chi connectivity index (χ2v) is 8.20. The fraction of sp³-hybridized carbons (Fsp3) is 0.529. The number of amides is 1. The largest absolute Gasteiger partial charge is 0.310 e. The number of aromatic nitrogens is 1. The number of nitrogens with one attached hydrogen (secondary N) is 1. The van der Waals surface area contributed by atoms with Crippen LogP contribution in [-0.2, 0) is 19.6 Å². The van der Waals surface area contributed by atoms with Crippen LogP contribution in [0.3, 0.4) is 0 Å². The Morgan fingerprint density at radius 1 is 1.44 bits per heavy atom. The summed E-state index contributed by atoms with van der Waals surface area (Å²) in [5, 5.41) is 2.72. The molecule has 7 nitrogen and oxygen atoms in total. The number of hydrogen-bond donors (Lipinski definition) is 1. The molecule has 1 amide bonds. The zero-order valence-electron chi connectivity index (χ0n) is 14.5. The Balaban J connectivity index is 2.40. The molecular formula is C17H24N3O4S. The van der Waals surface area contributed by atoms with Crippen LogP contribution in [0.5, 0.6) is 0 Å². The van der Waals surface area contributed by atoms with Gasteiger partial charge in [0.1, 0.15) is 6.04 Å². The fourth-order valence-corrected chi connectivity index (χ4v) is 4.14. The van der Waals surface area contributed by atoms with Gasteiger partial charge in [-0.25, -0.2) is 9.29 Å². The van der Waals surface area contributed by atoms with Crippen molar-refractivity contribution < 1.29 is 18.0 Å². The molecule has 1 N–H and O–H groups in total. The van der Waals surface area contributed by atoms with E-state index in [1.54, 1.807) is 6.07 Å². The molecule has 2 rings (SSSR count). The van der Waals surface area contributed by atoms with Gasteiger partial charge in [-0.2, -0.15) is 8.42 Å². The normalized spacial score (nSPS) is 18.8. The third-order valence-electron chi connectivity index (χ3n) is 3.93. The second-order valence-electron chi connectivity index (χ2n) is 6.44. The molecule has 0 unspecified atom stereocenters. The predicted octanol–water partition coefficient (Wildman–Crippen LogP) is 1.17. The van der Waals surface area contributed by atoms with Crippen LogP contribution in [-0.4, -0.2) is 48.5 Å². The summed E-state index contributed by atoms with van der Waals surface area (Å²) < 4.78 is 26.8. The first-order valence-corrected chi connectivity index (χ1v) is 9.84. The summed E-state index contributed by atoms with van der Waals surface area (Å²) in [6.45, 7) is 4.53. The molecule has 8 heteroatoms. The van der Waals surface area contributed by atoms with Crippen molar-refractivity contribution in [2.75, 3.05) is 13.1 Å². The van der Waals surface area contributed by atoms with Crippen LogP contribution in [0.25, 0.3) is 0 Å². The highest BCUT2D eigenvalue weighted by atomic mass is 32.2. The van der Waals surface area contributed by atoms with Gasteiger partial charge in [0.2, 0.25) is 5.91 Å². The maximum absolute atomic E-state index is 13.0. The van der Waals surface area contributed by atoms with Crippen molar-refractivity contribution >= 4 is 21.7 Å². The summed E-state index contributed by atoms with van der Waals surface area (Å²) in [5.74, 6) is -0.766. The maximum atomic E-state index is 13.0. The maximum Gasteiger partial charge on any atom is 0.284 e. The highest BCUT2D eigenvalue weighted by molar-refractivity contribution is 7.89. The molecule has 1 aliphatic heterocycles. The molecule has 137 valence electrons. The van der Waals surface area contributed by atoms with Crippen LogP contribution < -0.4 is 5.32 Å². The molecule has 1 radical (unpaired) electrons. The molecule has 1 atom stereocenters. The first kappa shape index (κ1) is 19.5. The number of hydrogen-bond acceptors (Lipinski definition) is 6. The lowest BCUT2D eigenvalue weighted by Gasteiger charge is -2.29. The van der Waals surface area contributed by atoms with Gasteiger partial charge < -0.3 is 5.32 Å². The summed E-state index contributed by atoms with van der Waals surface area (Å²) >= 11 is 0. The Bertz CT molecular complexity index is 704. The molecule has 1 aromatic rings. The quantitative estimate of drug-likeness (QED) is 0.812. The van der Waals surface area contributed by atoms with Gasteiger partial charge in [0, 0.05) is 6.20 Å². The molecule has 0 bridgehead atoms. The van der Waals surface area contributed by atoms with Crippen molar-refractivity contribution in [1.29, 1.82) is 0 Å². The van der Waals surface area contributed by atoms with Crippen LogP contribution in [0.15, 0.2) is 29.4 Å². The van der Waals surface area contributed by atoms with E-state index in [0.29, 0.717) is 25.8 Å². The third-order valence-corrected chi connectivity index (χ3v) is 5.65. The molecule has 0 spiro atoms. The lowest BCUT2D eigenvalue weighted by molar-refractivity contribution is -0.131. The first-order valence-electron chi connectivity index (χ1n) is 8.40. The smallest absolute Gasteiger partial charge is 0.284 e. The number of sulfonamides is 1.